The van der Waals surface area contributed by atoms with Crippen LogP contribution in [0.3, 0.4) is 0 Å². The lowest BCUT2D eigenvalue weighted by atomic mass is 10.3. The normalized spacial score (nSPS) is 10.0. The van der Waals surface area contributed by atoms with Gasteiger partial charge in [-0.2, -0.15) is 10.4 Å². The smallest absolute Gasteiger partial charge is 0.168 e. The molecule has 0 aromatic carbocycles. The van der Waals surface area contributed by atoms with Crippen molar-refractivity contribution in [3.63, 3.8) is 0 Å². The number of hydrogen-bond donors (Lipinski definition) is 0. The van der Waals surface area contributed by atoms with Crippen LogP contribution in [0.4, 0.5) is 5.82 Å². The second-order valence-corrected chi connectivity index (χ2v) is 3.64. The van der Waals surface area contributed by atoms with Crippen LogP contribution in [0.25, 0.3) is 0 Å². The molecular weight excluding hydrogens is 188 g/mol. The molecule has 0 bridgehead atoms. The van der Waals surface area contributed by atoms with Crippen molar-refractivity contribution in [3.8, 4) is 6.07 Å². The van der Waals surface area contributed by atoms with Crippen LogP contribution in [0, 0.1) is 11.3 Å². The average Bonchev–Trinajstić information content (AvgIpc) is 2.59. The Hall–Kier alpha value is -1.50. The van der Waals surface area contributed by atoms with Gasteiger partial charge in [0.25, 0.3) is 0 Å². The second kappa shape index (κ2) is 5.40. The zero-order valence-electron chi connectivity index (χ0n) is 9.69. The fourth-order valence-corrected chi connectivity index (χ4v) is 1.65. The predicted octanol–water partition coefficient (Wildman–Crippen LogP) is 1.92. The molecule has 0 unspecified atom stereocenters. The molecule has 0 fully saturated rings. The Balaban J connectivity index is 2.94. The van der Waals surface area contributed by atoms with E-state index in [-0.39, 0.29) is 0 Å². The predicted molar refractivity (Wildman–Crippen MR) is 60.7 cm³/mol. The summed E-state index contributed by atoms with van der Waals surface area (Å²) in [5, 5.41) is 13.3. The summed E-state index contributed by atoms with van der Waals surface area (Å²) in [4.78, 5) is 2.18. The van der Waals surface area contributed by atoms with Gasteiger partial charge >= 0.3 is 0 Å². The van der Waals surface area contributed by atoms with Crippen LogP contribution in [0.2, 0.25) is 0 Å². The number of aryl methyl sites for hydroxylation is 1. The molecule has 4 nitrogen and oxygen atoms in total. The van der Waals surface area contributed by atoms with Crippen molar-refractivity contribution in [2.45, 2.75) is 26.7 Å². The minimum atomic E-state index is 0.666. The van der Waals surface area contributed by atoms with E-state index >= 15 is 0 Å². The van der Waals surface area contributed by atoms with E-state index in [2.05, 4.69) is 29.9 Å². The highest BCUT2D eigenvalue weighted by Gasteiger charge is 2.13. The highest BCUT2D eigenvalue weighted by atomic mass is 15.3. The topological polar surface area (TPSA) is 44.9 Å². The van der Waals surface area contributed by atoms with Gasteiger partial charge < -0.3 is 4.90 Å². The molecule has 0 radical (unpaired) electrons. The van der Waals surface area contributed by atoms with Crippen molar-refractivity contribution in [1.29, 1.82) is 5.26 Å². The highest BCUT2D eigenvalue weighted by Crippen LogP contribution is 2.17. The van der Waals surface area contributed by atoms with Gasteiger partial charge in [0.1, 0.15) is 11.6 Å². The maximum absolute atomic E-state index is 8.99. The van der Waals surface area contributed by atoms with E-state index in [1.807, 2.05) is 7.05 Å². The SMILES string of the molecule is CCCN(CCC)c1nn(C)cc1C#N. The van der Waals surface area contributed by atoms with Crippen molar-refractivity contribution in [2.75, 3.05) is 18.0 Å². The zero-order chi connectivity index (χ0) is 11.3. The molecule has 82 valence electrons. The summed E-state index contributed by atoms with van der Waals surface area (Å²) in [6, 6.07) is 2.19. The van der Waals surface area contributed by atoms with E-state index in [1.54, 1.807) is 10.9 Å². The van der Waals surface area contributed by atoms with Gasteiger partial charge in [-0.25, -0.2) is 0 Å². The molecule has 0 saturated carbocycles. The molecule has 0 aliphatic heterocycles. The molecule has 0 aliphatic rings. The number of rotatable bonds is 5. The Morgan fingerprint density at radius 2 is 2.00 bits per heavy atom. The Bertz CT molecular complexity index is 342. The van der Waals surface area contributed by atoms with Gasteiger partial charge in [0.2, 0.25) is 0 Å². The monoisotopic (exact) mass is 206 g/mol. The third-order valence-corrected chi connectivity index (χ3v) is 2.22. The summed E-state index contributed by atoms with van der Waals surface area (Å²) in [7, 11) is 1.85. The summed E-state index contributed by atoms with van der Waals surface area (Å²) in [5.41, 5.74) is 0.666. The molecule has 4 heteroatoms. The van der Waals surface area contributed by atoms with Crippen molar-refractivity contribution in [1.82, 2.24) is 9.78 Å². The number of aromatic nitrogens is 2. The summed E-state index contributed by atoms with van der Waals surface area (Å²) >= 11 is 0. The molecule has 1 aromatic rings. The van der Waals surface area contributed by atoms with Gasteiger partial charge in [-0.15, -0.1) is 0 Å². The van der Waals surface area contributed by atoms with Crippen LogP contribution in [0.15, 0.2) is 6.20 Å². The van der Waals surface area contributed by atoms with Crippen LogP contribution >= 0.6 is 0 Å². The molecule has 0 aliphatic carbocycles. The Morgan fingerprint density at radius 3 is 2.47 bits per heavy atom. The van der Waals surface area contributed by atoms with Crippen molar-refractivity contribution in [3.05, 3.63) is 11.8 Å². The average molecular weight is 206 g/mol. The highest BCUT2D eigenvalue weighted by molar-refractivity contribution is 5.52. The van der Waals surface area contributed by atoms with Gasteiger partial charge in [0.15, 0.2) is 5.82 Å². The number of hydrogen-bond acceptors (Lipinski definition) is 3. The molecular formula is C11H18N4. The summed E-state index contributed by atoms with van der Waals surface area (Å²) < 4.78 is 1.70. The molecule has 15 heavy (non-hydrogen) atoms. The minimum Gasteiger partial charge on any atom is -0.354 e. The molecule has 1 aromatic heterocycles. The van der Waals surface area contributed by atoms with Crippen molar-refractivity contribution in [2.24, 2.45) is 7.05 Å². The van der Waals surface area contributed by atoms with Crippen LogP contribution in [-0.4, -0.2) is 22.9 Å². The van der Waals surface area contributed by atoms with Crippen LogP contribution in [0.1, 0.15) is 32.3 Å². The molecule has 1 rings (SSSR count). The van der Waals surface area contributed by atoms with E-state index < -0.39 is 0 Å². The first-order valence-corrected chi connectivity index (χ1v) is 5.41. The molecule has 0 atom stereocenters. The molecule has 1 heterocycles. The summed E-state index contributed by atoms with van der Waals surface area (Å²) in [6.45, 7) is 6.19. The quantitative estimate of drug-likeness (QED) is 0.739. The van der Waals surface area contributed by atoms with E-state index in [9.17, 15) is 0 Å². The largest absolute Gasteiger partial charge is 0.354 e. The lowest BCUT2D eigenvalue weighted by Crippen LogP contribution is -2.26. The van der Waals surface area contributed by atoms with E-state index in [1.165, 1.54) is 0 Å². The first-order valence-electron chi connectivity index (χ1n) is 5.41. The lowest BCUT2D eigenvalue weighted by molar-refractivity contribution is 0.704. The fourth-order valence-electron chi connectivity index (χ4n) is 1.65. The van der Waals surface area contributed by atoms with Crippen LogP contribution in [0.5, 0.6) is 0 Å². The molecule has 0 saturated heterocycles. The van der Waals surface area contributed by atoms with E-state index in [0.29, 0.717) is 5.56 Å². The minimum absolute atomic E-state index is 0.666. The summed E-state index contributed by atoms with van der Waals surface area (Å²) in [5.74, 6) is 0.823. The summed E-state index contributed by atoms with van der Waals surface area (Å²) in [6.07, 6.45) is 3.91. The number of nitriles is 1. The maximum atomic E-state index is 8.99. The van der Waals surface area contributed by atoms with Gasteiger partial charge in [-0.1, -0.05) is 13.8 Å². The van der Waals surface area contributed by atoms with Crippen LogP contribution in [-0.2, 0) is 7.05 Å². The third-order valence-electron chi connectivity index (χ3n) is 2.22. The van der Waals surface area contributed by atoms with Crippen molar-refractivity contribution >= 4 is 5.82 Å². The zero-order valence-corrected chi connectivity index (χ0v) is 9.69. The number of nitrogens with zero attached hydrogens (tertiary/aromatic N) is 4. The molecule has 0 spiro atoms. The van der Waals surface area contributed by atoms with Crippen molar-refractivity contribution < 1.29 is 0 Å². The maximum Gasteiger partial charge on any atom is 0.168 e. The van der Waals surface area contributed by atoms with E-state index in [4.69, 9.17) is 5.26 Å². The lowest BCUT2D eigenvalue weighted by Gasteiger charge is -2.20. The Kier molecular flexibility index (Phi) is 4.17. The Labute approximate surface area is 91.1 Å². The first kappa shape index (κ1) is 11.6. The standard InChI is InChI=1S/C11H18N4/c1-4-6-15(7-5-2)11-10(8-12)9-14(3)13-11/h9H,4-7H2,1-3H3. The van der Waals surface area contributed by atoms with E-state index in [0.717, 1.165) is 31.7 Å². The third kappa shape index (κ3) is 2.72. The first-order chi connectivity index (χ1) is 7.22. The van der Waals surface area contributed by atoms with Gasteiger partial charge in [0.05, 0.1) is 0 Å². The van der Waals surface area contributed by atoms with Gasteiger partial charge in [-0.3, -0.25) is 4.68 Å². The fraction of sp³-hybridized carbons (Fsp3) is 0.636. The van der Waals surface area contributed by atoms with Crippen LogP contribution < -0.4 is 4.90 Å². The second-order valence-electron chi connectivity index (χ2n) is 3.64. The van der Waals surface area contributed by atoms with Gasteiger partial charge in [-0.05, 0) is 12.8 Å². The molecule has 0 amide bonds. The number of anilines is 1. The van der Waals surface area contributed by atoms with Gasteiger partial charge in [0, 0.05) is 26.3 Å². The Morgan fingerprint density at radius 1 is 1.40 bits per heavy atom. The molecule has 0 N–H and O–H groups in total.